The van der Waals surface area contributed by atoms with Gasteiger partial charge >= 0.3 is 6.18 Å². The van der Waals surface area contributed by atoms with E-state index in [-0.39, 0.29) is 11.8 Å². The highest BCUT2D eigenvalue weighted by Crippen LogP contribution is 2.39. The Kier molecular flexibility index (Phi) is 4.98. The largest absolute Gasteiger partial charge is 0.496 e. The number of nitrogens with one attached hydrogen (secondary N) is 1. The van der Waals surface area contributed by atoms with Crippen molar-refractivity contribution in [3.8, 4) is 17.0 Å². The predicted molar refractivity (Wildman–Crippen MR) is 105 cm³/mol. The zero-order valence-corrected chi connectivity index (χ0v) is 16.6. The van der Waals surface area contributed by atoms with Gasteiger partial charge in [0.05, 0.1) is 29.9 Å². The van der Waals surface area contributed by atoms with Crippen molar-refractivity contribution in [2.75, 3.05) is 20.7 Å². The molecule has 1 atom stereocenters. The summed E-state index contributed by atoms with van der Waals surface area (Å²) in [6, 6.07) is 6.02. The fourth-order valence-corrected chi connectivity index (χ4v) is 4.04. The smallest absolute Gasteiger partial charge is 0.416 e. The Balaban J connectivity index is 1.77. The number of nitrogens with zero attached hydrogens (tertiary/aromatic N) is 3. The van der Waals surface area contributed by atoms with Gasteiger partial charge in [0.2, 0.25) is 0 Å². The number of hydrogen-bond donors (Lipinski definition) is 1. The lowest BCUT2D eigenvalue weighted by Crippen LogP contribution is -2.30. The third-order valence-corrected chi connectivity index (χ3v) is 5.55. The van der Waals surface area contributed by atoms with Crippen molar-refractivity contribution in [3.05, 3.63) is 41.2 Å². The van der Waals surface area contributed by atoms with E-state index in [0.717, 1.165) is 42.9 Å². The Bertz CT molecular complexity index is 1040. The number of rotatable bonds is 3. The second-order valence-corrected chi connectivity index (χ2v) is 7.55. The van der Waals surface area contributed by atoms with Crippen LogP contribution in [0.3, 0.4) is 0 Å². The minimum atomic E-state index is -4.43. The maximum atomic E-state index is 13.1. The lowest BCUT2D eigenvalue weighted by molar-refractivity contribution is -0.137. The molecule has 0 radical (unpaired) electrons. The Morgan fingerprint density at radius 2 is 1.97 bits per heavy atom. The van der Waals surface area contributed by atoms with Gasteiger partial charge in [0.15, 0.2) is 5.65 Å². The van der Waals surface area contributed by atoms with E-state index in [4.69, 9.17) is 4.74 Å². The number of benzene rings is 1. The summed E-state index contributed by atoms with van der Waals surface area (Å²) in [4.78, 5) is 14.9. The van der Waals surface area contributed by atoms with Crippen LogP contribution in [0.5, 0.6) is 5.75 Å². The second-order valence-electron chi connectivity index (χ2n) is 7.55. The quantitative estimate of drug-likeness (QED) is 0.659. The minimum Gasteiger partial charge on any atom is -0.496 e. The number of alkyl halides is 3. The van der Waals surface area contributed by atoms with Gasteiger partial charge in [-0.3, -0.25) is 4.90 Å². The summed E-state index contributed by atoms with van der Waals surface area (Å²) in [7, 11) is 3.45. The lowest BCUT2D eigenvalue weighted by atomic mass is 10.00. The molecular weight excluding hydrogens is 381 g/mol. The Morgan fingerprint density at radius 1 is 1.17 bits per heavy atom. The molecule has 29 heavy (non-hydrogen) atoms. The maximum Gasteiger partial charge on any atom is 0.416 e. The van der Waals surface area contributed by atoms with Crippen LogP contribution < -0.4 is 4.74 Å². The van der Waals surface area contributed by atoms with Gasteiger partial charge in [-0.2, -0.15) is 13.2 Å². The van der Waals surface area contributed by atoms with Gasteiger partial charge in [0.25, 0.3) is 0 Å². The number of hydrogen-bond acceptors (Lipinski definition) is 4. The Morgan fingerprint density at radius 3 is 2.66 bits per heavy atom. The minimum absolute atomic E-state index is 0.145. The van der Waals surface area contributed by atoms with E-state index in [2.05, 4.69) is 26.9 Å². The summed E-state index contributed by atoms with van der Waals surface area (Å²) >= 11 is 0. The molecule has 0 spiro atoms. The summed E-state index contributed by atoms with van der Waals surface area (Å²) in [5, 5.41) is 0. The average molecular weight is 404 g/mol. The van der Waals surface area contributed by atoms with Crippen molar-refractivity contribution < 1.29 is 17.9 Å². The molecule has 1 saturated heterocycles. The standard InChI is InChI=1S/C21H23F3N4O/c1-12-10-13(21(22,23)24)11-17(29-3)18(12)14-7-8-15-19(25-14)27-20(26-15)16-6-4-5-9-28(16)2/h7-8,10-11,16H,4-6,9H2,1-3H3,(H,25,26,27)/t16-/m1/s1. The summed E-state index contributed by atoms with van der Waals surface area (Å²) < 4.78 is 44.7. The molecule has 0 aliphatic carbocycles. The normalized spacial score (nSPS) is 18.3. The molecule has 1 aliphatic rings. The number of pyridine rings is 1. The molecule has 0 amide bonds. The molecule has 0 unspecified atom stereocenters. The van der Waals surface area contributed by atoms with Gasteiger partial charge in [0.1, 0.15) is 11.6 Å². The van der Waals surface area contributed by atoms with Crippen LogP contribution in [0.2, 0.25) is 0 Å². The van der Waals surface area contributed by atoms with Gasteiger partial charge in [-0.1, -0.05) is 6.42 Å². The molecular formula is C21H23F3N4O. The molecule has 0 saturated carbocycles. The number of H-pyrrole nitrogens is 1. The van der Waals surface area contributed by atoms with Crippen LogP contribution in [-0.4, -0.2) is 40.6 Å². The molecule has 3 aromatic rings. The third-order valence-electron chi connectivity index (χ3n) is 5.55. The second kappa shape index (κ2) is 7.33. The number of methoxy groups -OCH3 is 1. The van der Waals surface area contributed by atoms with Crippen molar-refractivity contribution in [2.45, 2.75) is 38.4 Å². The molecule has 2 aromatic heterocycles. The highest BCUT2D eigenvalue weighted by molar-refractivity contribution is 5.79. The number of aryl methyl sites for hydroxylation is 1. The van der Waals surface area contributed by atoms with E-state index in [1.165, 1.54) is 13.5 Å². The fourth-order valence-electron chi connectivity index (χ4n) is 4.04. The van der Waals surface area contributed by atoms with Crippen LogP contribution in [0.4, 0.5) is 13.2 Å². The monoisotopic (exact) mass is 404 g/mol. The molecule has 5 nitrogen and oxygen atoms in total. The van der Waals surface area contributed by atoms with E-state index >= 15 is 0 Å². The summed E-state index contributed by atoms with van der Waals surface area (Å²) in [6.45, 7) is 2.66. The van der Waals surface area contributed by atoms with Crippen LogP contribution in [0.15, 0.2) is 24.3 Å². The molecule has 154 valence electrons. The Hall–Kier alpha value is -2.61. The third kappa shape index (κ3) is 3.69. The number of ether oxygens (including phenoxy) is 1. The number of imidazole rings is 1. The first-order valence-electron chi connectivity index (χ1n) is 9.61. The first-order chi connectivity index (χ1) is 13.8. The van der Waals surface area contributed by atoms with E-state index in [1.807, 2.05) is 6.07 Å². The van der Waals surface area contributed by atoms with Crippen LogP contribution in [0, 0.1) is 6.92 Å². The number of fused-ring (bicyclic) bond motifs is 1. The molecule has 1 aromatic carbocycles. The van der Waals surface area contributed by atoms with Crippen molar-refractivity contribution in [2.24, 2.45) is 0 Å². The summed E-state index contributed by atoms with van der Waals surface area (Å²) in [5.74, 6) is 1.02. The van der Waals surface area contributed by atoms with E-state index in [0.29, 0.717) is 22.5 Å². The molecule has 0 bridgehead atoms. The van der Waals surface area contributed by atoms with Crippen LogP contribution in [-0.2, 0) is 6.18 Å². The van der Waals surface area contributed by atoms with Gasteiger partial charge < -0.3 is 9.72 Å². The maximum absolute atomic E-state index is 13.1. The zero-order valence-electron chi connectivity index (χ0n) is 16.6. The number of halogens is 3. The van der Waals surface area contributed by atoms with Gasteiger partial charge in [-0.05, 0) is 63.2 Å². The highest BCUT2D eigenvalue weighted by Gasteiger charge is 2.32. The predicted octanol–water partition coefficient (Wildman–Crippen LogP) is 5.12. The topological polar surface area (TPSA) is 54.0 Å². The molecule has 1 fully saturated rings. The molecule has 8 heteroatoms. The van der Waals surface area contributed by atoms with Crippen LogP contribution in [0.1, 0.15) is 42.3 Å². The molecule has 1 aliphatic heterocycles. The number of likely N-dealkylation sites (tertiary alicyclic amines) is 1. The van der Waals surface area contributed by atoms with Gasteiger partial charge in [-0.25, -0.2) is 9.97 Å². The zero-order chi connectivity index (χ0) is 20.8. The van der Waals surface area contributed by atoms with Crippen LogP contribution in [0.25, 0.3) is 22.4 Å². The average Bonchev–Trinajstić information content (AvgIpc) is 3.09. The first kappa shape index (κ1) is 19.7. The van der Waals surface area contributed by atoms with E-state index < -0.39 is 11.7 Å². The molecule has 1 N–H and O–H groups in total. The molecule has 4 rings (SSSR count). The van der Waals surface area contributed by atoms with Crippen molar-refractivity contribution in [3.63, 3.8) is 0 Å². The molecule has 3 heterocycles. The summed E-state index contributed by atoms with van der Waals surface area (Å²) in [5.41, 5.74) is 2.16. The van der Waals surface area contributed by atoms with Gasteiger partial charge in [-0.15, -0.1) is 0 Å². The van der Waals surface area contributed by atoms with Crippen molar-refractivity contribution in [1.29, 1.82) is 0 Å². The first-order valence-corrected chi connectivity index (χ1v) is 9.61. The number of aromatic nitrogens is 3. The Labute approximate surface area is 166 Å². The van der Waals surface area contributed by atoms with E-state index in [1.54, 1.807) is 13.0 Å². The number of piperidine rings is 1. The van der Waals surface area contributed by atoms with Crippen molar-refractivity contribution in [1.82, 2.24) is 19.9 Å². The van der Waals surface area contributed by atoms with Gasteiger partial charge in [0, 0.05) is 5.56 Å². The highest BCUT2D eigenvalue weighted by atomic mass is 19.4. The SMILES string of the molecule is COc1cc(C(F)(F)F)cc(C)c1-c1ccc2[nH]c([C@H]3CCCCN3C)nc2n1. The fraction of sp³-hybridized carbons (Fsp3) is 0.429. The van der Waals surface area contributed by atoms with Crippen LogP contribution >= 0.6 is 0 Å². The lowest BCUT2D eigenvalue weighted by Gasteiger charge is -2.30. The number of aromatic amines is 1. The summed E-state index contributed by atoms with van der Waals surface area (Å²) in [6.07, 6.45) is -1.05. The van der Waals surface area contributed by atoms with Crippen molar-refractivity contribution >= 4 is 11.2 Å². The van der Waals surface area contributed by atoms with E-state index in [9.17, 15) is 13.2 Å².